The van der Waals surface area contributed by atoms with Crippen molar-refractivity contribution in [3.05, 3.63) is 11.8 Å². The van der Waals surface area contributed by atoms with Crippen LogP contribution in [-0.4, -0.2) is 49.0 Å². The topological polar surface area (TPSA) is 68.3 Å². The summed E-state index contributed by atoms with van der Waals surface area (Å²) < 4.78 is 10.9. The predicted octanol–water partition coefficient (Wildman–Crippen LogP) is 1.43. The van der Waals surface area contributed by atoms with Gasteiger partial charge in [-0.25, -0.2) is 4.98 Å². The third-order valence-corrected chi connectivity index (χ3v) is 2.78. The largest absolute Gasteiger partial charge is 0.376 e. The number of nitrogens with zero attached hydrogens (tertiary/aromatic N) is 2. The number of aromatic nitrogens is 2. The van der Waals surface area contributed by atoms with Gasteiger partial charge < -0.3 is 20.1 Å². The molecule has 6 nitrogen and oxygen atoms in total. The van der Waals surface area contributed by atoms with E-state index in [1.807, 2.05) is 13.0 Å². The third kappa shape index (κ3) is 4.65. The molecule has 1 aromatic heterocycles. The summed E-state index contributed by atoms with van der Waals surface area (Å²) in [4.78, 5) is 8.77. The van der Waals surface area contributed by atoms with Gasteiger partial charge in [0.15, 0.2) is 0 Å². The van der Waals surface area contributed by atoms with E-state index in [2.05, 4.69) is 27.5 Å². The Hall–Kier alpha value is -1.40. The first-order valence-corrected chi connectivity index (χ1v) is 6.80. The Morgan fingerprint density at radius 1 is 1.32 bits per heavy atom. The lowest BCUT2D eigenvalue weighted by atomic mass is 10.3. The zero-order valence-electron chi connectivity index (χ0n) is 11.6. The van der Waals surface area contributed by atoms with Gasteiger partial charge in [0.2, 0.25) is 5.95 Å². The summed E-state index contributed by atoms with van der Waals surface area (Å²) in [6.07, 6.45) is 1.14. The molecule has 1 aromatic rings. The molecule has 6 heteroatoms. The molecule has 2 heterocycles. The second-order valence-electron chi connectivity index (χ2n) is 4.59. The number of hydrogen-bond donors (Lipinski definition) is 2. The van der Waals surface area contributed by atoms with E-state index >= 15 is 0 Å². The highest BCUT2D eigenvalue weighted by molar-refractivity contribution is 5.42. The molecule has 0 saturated carbocycles. The van der Waals surface area contributed by atoms with Crippen LogP contribution in [0, 0.1) is 6.92 Å². The Morgan fingerprint density at radius 3 is 2.95 bits per heavy atom. The van der Waals surface area contributed by atoms with Gasteiger partial charge in [0.05, 0.1) is 25.9 Å². The van der Waals surface area contributed by atoms with Crippen molar-refractivity contribution in [1.29, 1.82) is 0 Å². The standard InChI is InChI=1S/C13H22N4O2/c1-3-4-14-13-16-10(2)7-12(17-13)15-8-11-9-18-5-6-19-11/h7,11H,3-6,8-9H2,1-2H3,(H2,14,15,16,17). The summed E-state index contributed by atoms with van der Waals surface area (Å²) in [5.74, 6) is 1.49. The minimum atomic E-state index is 0.0936. The van der Waals surface area contributed by atoms with Crippen molar-refractivity contribution < 1.29 is 9.47 Å². The molecule has 1 aliphatic rings. The molecule has 2 N–H and O–H groups in total. The minimum absolute atomic E-state index is 0.0936. The first-order valence-electron chi connectivity index (χ1n) is 6.80. The highest BCUT2D eigenvalue weighted by atomic mass is 16.6. The zero-order valence-corrected chi connectivity index (χ0v) is 11.6. The molecule has 1 unspecified atom stereocenters. The van der Waals surface area contributed by atoms with Gasteiger partial charge in [-0.3, -0.25) is 0 Å². The lowest BCUT2D eigenvalue weighted by Gasteiger charge is -2.23. The Labute approximate surface area is 113 Å². The summed E-state index contributed by atoms with van der Waals surface area (Å²) in [5, 5.41) is 6.47. The van der Waals surface area contributed by atoms with Gasteiger partial charge >= 0.3 is 0 Å². The smallest absolute Gasteiger partial charge is 0.224 e. The van der Waals surface area contributed by atoms with E-state index in [0.717, 1.165) is 24.5 Å². The highest BCUT2D eigenvalue weighted by Gasteiger charge is 2.14. The summed E-state index contributed by atoms with van der Waals surface area (Å²) in [6, 6.07) is 1.93. The molecular weight excluding hydrogens is 244 g/mol. The maximum atomic E-state index is 5.58. The lowest BCUT2D eigenvalue weighted by Crippen LogP contribution is -2.34. The van der Waals surface area contributed by atoms with E-state index in [4.69, 9.17) is 9.47 Å². The molecule has 1 aliphatic heterocycles. The molecule has 0 amide bonds. The molecule has 1 atom stereocenters. The summed E-state index contributed by atoms with van der Waals surface area (Å²) in [6.45, 7) is 7.64. The second-order valence-corrected chi connectivity index (χ2v) is 4.59. The third-order valence-electron chi connectivity index (χ3n) is 2.78. The van der Waals surface area contributed by atoms with E-state index in [1.165, 1.54) is 0 Å². The number of anilines is 2. The maximum absolute atomic E-state index is 5.58. The number of rotatable bonds is 6. The molecule has 0 bridgehead atoms. The van der Waals surface area contributed by atoms with Crippen LogP contribution in [0.3, 0.4) is 0 Å². The maximum Gasteiger partial charge on any atom is 0.224 e. The van der Waals surface area contributed by atoms with Crippen LogP contribution in [0.2, 0.25) is 0 Å². The normalized spacial score (nSPS) is 19.2. The quantitative estimate of drug-likeness (QED) is 0.812. The first-order chi connectivity index (χ1) is 9.28. The fraction of sp³-hybridized carbons (Fsp3) is 0.692. The van der Waals surface area contributed by atoms with Crippen molar-refractivity contribution in [3.63, 3.8) is 0 Å². The number of aryl methyl sites for hydroxylation is 1. The van der Waals surface area contributed by atoms with Gasteiger partial charge in [0.25, 0.3) is 0 Å². The number of nitrogens with one attached hydrogen (secondary N) is 2. The van der Waals surface area contributed by atoms with Crippen LogP contribution in [0.4, 0.5) is 11.8 Å². The molecule has 2 rings (SSSR count). The van der Waals surface area contributed by atoms with Gasteiger partial charge in [0.1, 0.15) is 5.82 Å². The van der Waals surface area contributed by atoms with Gasteiger partial charge in [-0.2, -0.15) is 4.98 Å². The molecule has 106 valence electrons. The molecule has 0 aliphatic carbocycles. The summed E-state index contributed by atoms with van der Waals surface area (Å²) in [7, 11) is 0. The number of ether oxygens (including phenoxy) is 2. The van der Waals surface area contributed by atoms with Crippen LogP contribution < -0.4 is 10.6 Å². The van der Waals surface area contributed by atoms with Crippen molar-refractivity contribution in [1.82, 2.24) is 9.97 Å². The molecule has 0 radical (unpaired) electrons. The SMILES string of the molecule is CCCNc1nc(C)cc(NCC2COCCO2)n1. The minimum Gasteiger partial charge on any atom is -0.376 e. The molecule has 19 heavy (non-hydrogen) atoms. The van der Waals surface area contributed by atoms with Crippen LogP contribution in [0.5, 0.6) is 0 Å². The van der Waals surface area contributed by atoms with Gasteiger partial charge in [-0.15, -0.1) is 0 Å². The Kier molecular flexibility index (Phi) is 5.35. The first kappa shape index (κ1) is 14.0. The van der Waals surface area contributed by atoms with Crippen molar-refractivity contribution in [3.8, 4) is 0 Å². The average molecular weight is 266 g/mol. The van der Waals surface area contributed by atoms with Crippen molar-refractivity contribution in [2.24, 2.45) is 0 Å². The summed E-state index contributed by atoms with van der Waals surface area (Å²) in [5.41, 5.74) is 0.942. The highest BCUT2D eigenvalue weighted by Crippen LogP contribution is 2.10. The Bertz CT molecular complexity index is 394. The predicted molar refractivity (Wildman–Crippen MR) is 74.6 cm³/mol. The van der Waals surface area contributed by atoms with Crippen LogP contribution in [0.15, 0.2) is 6.07 Å². The van der Waals surface area contributed by atoms with Crippen LogP contribution in [-0.2, 0) is 9.47 Å². The Morgan fingerprint density at radius 2 is 2.21 bits per heavy atom. The molecular formula is C13H22N4O2. The zero-order chi connectivity index (χ0) is 13.5. The van der Waals surface area contributed by atoms with Crippen molar-refractivity contribution in [2.75, 3.05) is 43.5 Å². The van der Waals surface area contributed by atoms with Crippen LogP contribution in [0.25, 0.3) is 0 Å². The van der Waals surface area contributed by atoms with E-state index in [0.29, 0.717) is 32.3 Å². The fourth-order valence-corrected chi connectivity index (χ4v) is 1.85. The van der Waals surface area contributed by atoms with Crippen LogP contribution >= 0.6 is 0 Å². The van der Waals surface area contributed by atoms with E-state index < -0.39 is 0 Å². The molecule has 1 fully saturated rings. The van der Waals surface area contributed by atoms with Gasteiger partial charge in [-0.1, -0.05) is 6.92 Å². The monoisotopic (exact) mass is 266 g/mol. The van der Waals surface area contributed by atoms with E-state index in [1.54, 1.807) is 0 Å². The summed E-state index contributed by atoms with van der Waals surface area (Å²) >= 11 is 0. The second kappa shape index (κ2) is 7.25. The molecule has 1 saturated heterocycles. The van der Waals surface area contributed by atoms with Crippen LogP contribution in [0.1, 0.15) is 19.0 Å². The molecule has 0 spiro atoms. The molecule has 0 aromatic carbocycles. The Balaban J connectivity index is 1.89. The fourth-order valence-electron chi connectivity index (χ4n) is 1.85. The number of hydrogen-bond acceptors (Lipinski definition) is 6. The van der Waals surface area contributed by atoms with Crippen molar-refractivity contribution in [2.45, 2.75) is 26.4 Å². The van der Waals surface area contributed by atoms with E-state index in [9.17, 15) is 0 Å². The van der Waals surface area contributed by atoms with E-state index in [-0.39, 0.29) is 6.10 Å². The van der Waals surface area contributed by atoms with Crippen molar-refractivity contribution >= 4 is 11.8 Å². The van der Waals surface area contributed by atoms with Gasteiger partial charge in [-0.05, 0) is 13.3 Å². The average Bonchev–Trinajstić information content (AvgIpc) is 2.43. The van der Waals surface area contributed by atoms with Gasteiger partial charge in [0, 0.05) is 24.8 Å². The lowest BCUT2D eigenvalue weighted by molar-refractivity contribution is -0.0819.